The van der Waals surface area contributed by atoms with Gasteiger partial charge in [0.25, 0.3) is 5.91 Å². The number of primary amides is 1. The third-order valence-electron chi connectivity index (χ3n) is 3.82. The second-order valence-corrected chi connectivity index (χ2v) is 6.46. The van der Waals surface area contributed by atoms with Crippen LogP contribution >= 0.6 is 0 Å². The van der Waals surface area contributed by atoms with Crippen LogP contribution in [0.5, 0.6) is 5.88 Å². The van der Waals surface area contributed by atoms with Crippen molar-refractivity contribution in [2.24, 2.45) is 11.1 Å². The number of ether oxygens (including phenoxy) is 1. The summed E-state index contributed by atoms with van der Waals surface area (Å²) in [7, 11) is 0. The Bertz CT molecular complexity index is 803. The number of amides is 1. The molecule has 0 fully saturated rings. The van der Waals surface area contributed by atoms with Gasteiger partial charge in [-0.05, 0) is 30.2 Å². The molecule has 0 atom stereocenters. The van der Waals surface area contributed by atoms with Crippen LogP contribution in [0.1, 0.15) is 29.9 Å². The molecule has 0 spiro atoms. The maximum atomic E-state index is 14.2. The number of rotatable bonds is 2. The molecule has 2 N–H and O–H groups in total. The Kier molecular flexibility index (Phi) is 3.55. The van der Waals surface area contributed by atoms with E-state index < -0.39 is 17.5 Å². The molecule has 1 aromatic heterocycles. The molecule has 3 rings (SSSR count). The molecule has 2 aromatic rings. The van der Waals surface area contributed by atoms with Crippen LogP contribution in [0, 0.1) is 17.0 Å². The van der Waals surface area contributed by atoms with Gasteiger partial charge in [0, 0.05) is 22.6 Å². The molecule has 120 valence electrons. The second-order valence-electron chi connectivity index (χ2n) is 6.46. The van der Waals surface area contributed by atoms with Crippen LogP contribution < -0.4 is 10.5 Å². The number of fused-ring (bicyclic) bond motifs is 1. The van der Waals surface area contributed by atoms with Gasteiger partial charge in [0.1, 0.15) is 17.3 Å². The molecule has 1 aliphatic rings. The summed E-state index contributed by atoms with van der Waals surface area (Å²) in [6.07, 6.45) is 0.598. The fourth-order valence-electron chi connectivity index (χ4n) is 2.71. The van der Waals surface area contributed by atoms with Gasteiger partial charge >= 0.3 is 0 Å². The zero-order chi connectivity index (χ0) is 16.8. The van der Waals surface area contributed by atoms with Crippen molar-refractivity contribution in [2.75, 3.05) is 6.61 Å². The molecule has 1 aliphatic heterocycles. The van der Waals surface area contributed by atoms with E-state index in [2.05, 4.69) is 4.98 Å². The van der Waals surface area contributed by atoms with Gasteiger partial charge in [-0.15, -0.1) is 0 Å². The lowest BCUT2D eigenvalue weighted by atomic mass is 9.82. The Morgan fingerprint density at radius 1 is 1.26 bits per heavy atom. The maximum Gasteiger partial charge on any atom is 0.267 e. The fraction of sp³-hybridized carbons (Fsp3) is 0.294. The zero-order valence-electron chi connectivity index (χ0n) is 12.8. The standard InChI is InChI=1S/C17H16F2N2O2/c1-17(2)7-12-11(10-4-3-9(18)5-13(10)19)6-14(15(20)22)21-16(12)23-8-17/h3-6H,7-8H2,1-2H3,(H2,20,22). The van der Waals surface area contributed by atoms with Crippen molar-refractivity contribution in [3.8, 4) is 17.0 Å². The summed E-state index contributed by atoms with van der Waals surface area (Å²) >= 11 is 0. The van der Waals surface area contributed by atoms with Crippen LogP contribution in [0.15, 0.2) is 24.3 Å². The number of benzene rings is 1. The van der Waals surface area contributed by atoms with Crippen LogP contribution in [-0.2, 0) is 6.42 Å². The summed E-state index contributed by atoms with van der Waals surface area (Å²) in [6.45, 7) is 4.46. The van der Waals surface area contributed by atoms with E-state index in [-0.39, 0.29) is 22.6 Å². The molecule has 1 amide bonds. The minimum atomic E-state index is -0.731. The molecular formula is C17H16F2N2O2. The molecule has 23 heavy (non-hydrogen) atoms. The number of hydrogen-bond donors (Lipinski definition) is 1. The van der Waals surface area contributed by atoms with Crippen LogP contribution in [0.25, 0.3) is 11.1 Å². The first kappa shape index (κ1) is 15.4. The van der Waals surface area contributed by atoms with Gasteiger partial charge in [-0.25, -0.2) is 13.8 Å². The van der Waals surface area contributed by atoms with Crippen LogP contribution in [0.4, 0.5) is 8.78 Å². The predicted octanol–water partition coefficient (Wildman–Crippen LogP) is 3.09. The molecule has 0 radical (unpaired) electrons. The highest BCUT2D eigenvalue weighted by atomic mass is 19.1. The summed E-state index contributed by atoms with van der Waals surface area (Å²) in [5, 5.41) is 0. The lowest BCUT2D eigenvalue weighted by molar-refractivity contribution is 0.0991. The molecule has 0 bridgehead atoms. The van der Waals surface area contributed by atoms with E-state index in [1.165, 1.54) is 18.2 Å². The SMILES string of the molecule is CC1(C)COc2nc(C(N)=O)cc(-c3ccc(F)cc3F)c2C1. The molecule has 0 saturated heterocycles. The number of carbonyl (C=O) groups is 1. The first-order chi connectivity index (χ1) is 10.8. The van der Waals surface area contributed by atoms with Gasteiger partial charge < -0.3 is 10.5 Å². The average Bonchev–Trinajstić information content (AvgIpc) is 2.46. The van der Waals surface area contributed by atoms with E-state index in [0.29, 0.717) is 24.2 Å². The number of carbonyl (C=O) groups excluding carboxylic acids is 1. The summed E-state index contributed by atoms with van der Waals surface area (Å²) < 4.78 is 33.0. The number of nitrogens with zero attached hydrogens (tertiary/aromatic N) is 1. The van der Waals surface area contributed by atoms with E-state index in [9.17, 15) is 13.6 Å². The number of hydrogen-bond acceptors (Lipinski definition) is 3. The molecule has 0 saturated carbocycles. The predicted molar refractivity (Wildman–Crippen MR) is 81.1 cm³/mol. The Labute approximate surface area is 132 Å². The zero-order valence-corrected chi connectivity index (χ0v) is 12.8. The Balaban J connectivity index is 2.25. The lowest BCUT2D eigenvalue weighted by Crippen LogP contribution is -2.30. The highest BCUT2D eigenvalue weighted by Crippen LogP contribution is 2.40. The first-order valence-corrected chi connectivity index (χ1v) is 7.19. The van der Waals surface area contributed by atoms with Crippen molar-refractivity contribution >= 4 is 5.91 Å². The van der Waals surface area contributed by atoms with Crippen LogP contribution in [-0.4, -0.2) is 17.5 Å². The number of nitrogens with two attached hydrogens (primary N) is 1. The van der Waals surface area contributed by atoms with Crippen molar-refractivity contribution in [3.63, 3.8) is 0 Å². The van der Waals surface area contributed by atoms with E-state index in [1.54, 1.807) is 0 Å². The molecule has 6 heteroatoms. The van der Waals surface area contributed by atoms with Crippen LogP contribution in [0.3, 0.4) is 0 Å². The van der Waals surface area contributed by atoms with Crippen molar-refractivity contribution in [1.29, 1.82) is 0 Å². The van der Waals surface area contributed by atoms with Gasteiger partial charge in [0.15, 0.2) is 0 Å². The highest BCUT2D eigenvalue weighted by molar-refractivity contribution is 5.93. The summed E-state index contributed by atoms with van der Waals surface area (Å²) in [5.41, 5.74) is 6.46. The first-order valence-electron chi connectivity index (χ1n) is 7.19. The van der Waals surface area contributed by atoms with Gasteiger partial charge in [-0.2, -0.15) is 0 Å². The molecule has 0 aliphatic carbocycles. The summed E-state index contributed by atoms with van der Waals surface area (Å²) in [6, 6.07) is 4.75. The minimum Gasteiger partial charge on any atom is -0.477 e. The fourth-order valence-corrected chi connectivity index (χ4v) is 2.71. The Hall–Kier alpha value is -2.50. The van der Waals surface area contributed by atoms with E-state index >= 15 is 0 Å². The van der Waals surface area contributed by atoms with E-state index in [1.807, 2.05) is 13.8 Å². The van der Waals surface area contributed by atoms with E-state index in [4.69, 9.17) is 10.5 Å². The number of pyridine rings is 1. The highest BCUT2D eigenvalue weighted by Gasteiger charge is 2.31. The topological polar surface area (TPSA) is 65.2 Å². The second kappa shape index (κ2) is 5.30. The van der Waals surface area contributed by atoms with Crippen molar-refractivity contribution in [3.05, 3.63) is 47.2 Å². The molecular weight excluding hydrogens is 302 g/mol. The van der Waals surface area contributed by atoms with Gasteiger partial charge in [0.05, 0.1) is 6.61 Å². The molecule has 1 aromatic carbocycles. The number of halogens is 2. The maximum absolute atomic E-state index is 14.2. The minimum absolute atomic E-state index is 0.0119. The molecule has 2 heterocycles. The monoisotopic (exact) mass is 318 g/mol. The summed E-state index contributed by atoms with van der Waals surface area (Å²) in [4.78, 5) is 15.6. The Morgan fingerprint density at radius 2 is 2.00 bits per heavy atom. The molecule has 4 nitrogen and oxygen atoms in total. The third kappa shape index (κ3) is 2.88. The smallest absolute Gasteiger partial charge is 0.267 e. The van der Waals surface area contributed by atoms with Crippen molar-refractivity contribution < 1.29 is 18.3 Å². The van der Waals surface area contributed by atoms with Gasteiger partial charge in [-0.1, -0.05) is 13.8 Å². The van der Waals surface area contributed by atoms with Gasteiger partial charge in [-0.3, -0.25) is 4.79 Å². The summed E-state index contributed by atoms with van der Waals surface area (Å²) in [5.74, 6) is -1.83. The largest absolute Gasteiger partial charge is 0.477 e. The Morgan fingerprint density at radius 3 is 2.65 bits per heavy atom. The van der Waals surface area contributed by atoms with Crippen molar-refractivity contribution in [2.45, 2.75) is 20.3 Å². The normalized spacial score (nSPS) is 15.7. The average molecular weight is 318 g/mol. The van der Waals surface area contributed by atoms with Gasteiger partial charge in [0.2, 0.25) is 5.88 Å². The lowest BCUT2D eigenvalue weighted by Gasteiger charge is -2.32. The van der Waals surface area contributed by atoms with Crippen molar-refractivity contribution in [1.82, 2.24) is 4.98 Å². The van der Waals surface area contributed by atoms with Crippen LogP contribution in [0.2, 0.25) is 0 Å². The molecule has 0 unspecified atom stereocenters. The number of aromatic nitrogens is 1. The quantitative estimate of drug-likeness (QED) is 0.925. The van der Waals surface area contributed by atoms with E-state index in [0.717, 1.165) is 6.07 Å². The third-order valence-corrected chi connectivity index (χ3v) is 3.82.